The Balaban J connectivity index is 0.000000167. The van der Waals surface area contributed by atoms with Crippen LogP contribution in [0.15, 0.2) is 29.3 Å². The highest BCUT2D eigenvalue weighted by Crippen LogP contribution is 2.20. The van der Waals surface area contributed by atoms with Crippen molar-refractivity contribution in [2.75, 3.05) is 0 Å². The Labute approximate surface area is 89.2 Å². The number of aliphatic imine (C=N–C) groups is 1. The average molecular weight is 202 g/mol. The Kier molecular flexibility index (Phi) is 4.17. The van der Waals surface area contributed by atoms with Crippen molar-refractivity contribution in [1.29, 1.82) is 5.26 Å². The van der Waals surface area contributed by atoms with E-state index >= 15 is 0 Å². The summed E-state index contributed by atoms with van der Waals surface area (Å²) < 4.78 is 0. The molecule has 0 heterocycles. The summed E-state index contributed by atoms with van der Waals surface area (Å²) in [7, 11) is 0. The molecule has 0 saturated carbocycles. The minimum absolute atomic E-state index is 0.197. The van der Waals surface area contributed by atoms with E-state index in [2.05, 4.69) is 29.3 Å². The molecule has 78 valence electrons. The molecule has 0 saturated heterocycles. The lowest BCUT2D eigenvalue weighted by atomic mass is 10.1. The number of fused-ring (bicyclic) bond motifs is 1. The Morgan fingerprint density at radius 2 is 1.73 bits per heavy atom. The van der Waals surface area contributed by atoms with Crippen LogP contribution in [0, 0.1) is 11.5 Å². The third kappa shape index (κ3) is 3.69. The number of hydrogen-bond acceptors (Lipinski definition) is 2. The van der Waals surface area contributed by atoms with Crippen molar-refractivity contribution >= 4 is 5.96 Å². The van der Waals surface area contributed by atoms with Crippen LogP contribution < -0.4 is 11.5 Å². The van der Waals surface area contributed by atoms with Gasteiger partial charge in [0.25, 0.3) is 0 Å². The predicted molar refractivity (Wildman–Crippen MR) is 59.9 cm³/mol. The van der Waals surface area contributed by atoms with Crippen molar-refractivity contribution in [2.45, 2.75) is 19.3 Å². The summed E-state index contributed by atoms with van der Waals surface area (Å²) in [5, 5.41) is 7.64. The first-order chi connectivity index (χ1) is 7.24. The number of nitrogens with two attached hydrogens (primary N) is 2. The molecule has 0 bridgehead atoms. The fourth-order valence-electron chi connectivity index (χ4n) is 1.57. The van der Waals surface area contributed by atoms with Gasteiger partial charge in [-0.25, -0.2) is 0 Å². The number of aryl methyl sites for hydroxylation is 2. The van der Waals surface area contributed by atoms with Crippen LogP contribution in [-0.4, -0.2) is 5.96 Å². The van der Waals surface area contributed by atoms with Gasteiger partial charge in [0.1, 0.15) is 0 Å². The summed E-state index contributed by atoms with van der Waals surface area (Å²) in [4.78, 5) is 2.90. The molecule has 1 aliphatic carbocycles. The molecule has 2 rings (SSSR count). The van der Waals surface area contributed by atoms with Crippen LogP contribution in [0.4, 0.5) is 0 Å². The maximum absolute atomic E-state index is 7.64. The van der Waals surface area contributed by atoms with Crippen LogP contribution in [0.5, 0.6) is 0 Å². The number of hydrogen-bond donors (Lipinski definition) is 2. The Bertz CT molecular complexity index is 363. The summed E-state index contributed by atoms with van der Waals surface area (Å²) in [5.74, 6) is -0.197. The van der Waals surface area contributed by atoms with E-state index in [1.54, 1.807) is 11.1 Å². The monoisotopic (exact) mass is 202 g/mol. The Morgan fingerprint density at radius 3 is 2.07 bits per heavy atom. The second-order valence-corrected chi connectivity index (χ2v) is 3.26. The first-order valence-electron chi connectivity index (χ1n) is 4.78. The summed E-state index contributed by atoms with van der Waals surface area (Å²) in [6, 6.07) is 8.74. The average Bonchev–Trinajstić information content (AvgIpc) is 2.65. The molecule has 1 aliphatic rings. The molecule has 4 nitrogen and oxygen atoms in total. The Morgan fingerprint density at radius 1 is 1.20 bits per heavy atom. The standard InChI is InChI=1S/C9H10.C2H4N4/c1-2-5-9-7-3-6-8(9)4-1;3-1-6-2(4)5/h1-2,4-5H,3,6-7H2;(H4,4,5,6). The van der Waals surface area contributed by atoms with Crippen LogP contribution in [0.2, 0.25) is 0 Å². The zero-order valence-electron chi connectivity index (χ0n) is 8.48. The lowest BCUT2D eigenvalue weighted by Gasteiger charge is -1.93. The fraction of sp³-hybridized carbons (Fsp3) is 0.273. The van der Waals surface area contributed by atoms with Gasteiger partial charge in [0.05, 0.1) is 0 Å². The number of benzene rings is 1. The number of nitriles is 1. The van der Waals surface area contributed by atoms with Crippen molar-refractivity contribution < 1.29 is 0 Å². The molecule has 0 amide bonds. The molecule has 1 aromatic carbocycles. The van der Waals surface area contributed by atoms with Gasteiger partial charge in [0, 0.05) is 0 Å². The lowest BCUT2D eigenvalue weighted by molar-refractivity contribution is 0.912. The van der Waals surface area contributed by atoms with Gasteiger partial charge >= 0.3 is 0 Å². The van der Waals surface area contributed by atoms with Crippen molar-refractivity contribution in [3.05, 3.63) is 35.4 Å². The molecule has 0 spiro atoms. The highest BCUT2D eigenvalue weighted by molar-refractivity contribution is 5.76. The maximum Gasteiger partial charge on any atom is 0.209 e. The minimum atomic E-state index is -0.197. The van der Waals surface area contributed by atoms with E-state index < -0.39 is 0 Å². The van der Waals surface area contributed by atoms with E-state index in [9.17, 15) is 0 Å². The van der Waals surface area contributed by atoms with Crippen molar-refractivity contribution in [3.63, 3.8) is 0 Å². The van der Waals surface area contributed by atoms with Crippen LogP contribution in [0.1, 0.15) is 17.5 Å². The fourth-order valence-corrected chi connectivity index (χ4v) is 1.57. The molecule has 0 fully saturated rings. The molecule has 0 aliphatic heterocycles. The van der Waals surface area contributed by atoms with Gasteiger partial charge in [-0.3, -0.25) is 0 Å². The smallest absolute Gasteiger partial charge is 0.209 e. The van der Waals surface area contributed by atoms with Crippen molar-refractivity contribution in [3.8, 4) is 6.19 Å². The molecule has 4 heteroatoms. The number of rotatable bonds is 0. The van der Waals surface area contributed by atoms with Gasteiger partial charge in [0.15, 0.2) is 0 Å². The predicted octanol–water partition coefficient (Wildman–Crippen LogP) is 0.916. The van der Waals surface area contributed by atoms with Gasteiger partial charge in [-0.05, 0) is 30.4 Å². The van der Waals surface area contributed by atoms with Gasteiger partial charge in [-0.2, -0.15) is 5.26 Å². The third-order valence-corrected chi connectivity index (χ3v) is 2.19. The van der Waals surface area contributed by atoms with E-state index in [4.69, 9.17) is 16.7 Å². The summed E-state index contributed by atoms with van der Waals surface area (Å²) in [6.45, 7) is 0. The summed E-state index contributed by atoms with van der Waals surface area (Å²) in [6.07, 6.45) is 5.37. The topological polar surface area (TPSA) is 88.2 Å². The van der Waals surface area contributed by atoms with Crippen molar-refractivity contribution in [2.24, 2.45) is 16.5 Å². The minimum Gasteiger partial charge on any atom is -0.369 e. The van der Waals surface area contributed by atoms with Gasteiger partial charge in [-0.15, -0.1) is 4.99 Å². The van der Waals surface area contributed by atoms with E-state index in [1.165, 1.54) is 25.5 Å². The molecular weight excluding hydrogens is 188 g/mol. The van der Waals surface area contributed by atoms with E-state index in [0.29, 0.717) is 0 Å². The van der Waals surface area contributed by atoms with Crippen LogP contribution in [-0.2, 0) is 12.8 Å². The largest absolute Gasteiger partial charge is 0.369 e. The molecular formula is C11H14N4. The normalized spacial score (nSPS) is 11.7. The first-order valence-corrected chi connectivity index (χ1v) is 4.78. The first kappa shape index (κ1) is 11.1. The second kappa shape index (κ2) is 5.66. The second-order valence-electron chi connectivity index (χ2n) is 3.26. The number of guanidine groups is 1. The molecule has 0 radical (unpaired) electrons. The highest BCUT2D eigenvalue weighted by atomic mass is 15.0. The highest BCUT2D eigenvalue weighted by Gasteiger charge is 2.07. The maximum atomic E-state index is 7.64. The van der Waals surface area contributed by atoms with E-state index in [-0.39, 0.29) is 5.96 Å². The molecule has 15 heavy (non-hydrogen) atoms. The van der Waals surface area contributed by atoms with Gasteiger partial charge in [-0.1, -0.05) is 24.3 Å². The Hall–Kier alpha value is -2.02. The van der Waals surface area contributed by atoms with E-state index in [0.717, 1.165) is 0 Å². The van der Waals surface area contributed by atoms with Gasteiger partial charge < -0.3 is 11.5 Å². The zero-order chi connectivity index (χ0) is 11.1. The van der Waals surface area contributed by atoms with Crippen LogP contribution >= 0.6 is 0 Å². The molecule has 0 atom stereocenters. The molecule has 0 unspecified atom stereocenters. The van der Waals surface area contributed by atoms with Crippen LogP contribution in [0.3, 0.4) is 0 Å². The SMILES string of the molecule is N#CN=C(N)N.c1ccc2c(c1)CCC2. The molecule has 4 N–H and O–H groups in total. The third-order valence-electron chi connectivity index (χ3n) is 2.19. The molecule has 1 aromatic rings. The number of nitrogens with zero attached hydrogens (tertiary/aromatic N) is 2. The summed E-state index contributed by atoms with van der Waals surface area (Å²) >= 11 is 0. The van der Waals surface area contributed by atoms with Crippen molar-refractivity contribution in [1.82, 2.24) is 0 Å². The zero-order valence-corrected chi connectivity index (χ0v) is 8.48. The van der Waals surface area contributed by atoms with Crippen LogP contribution in [0.25, 0.3) is 0 Å². The summed E-state index contributed by atoms with van der Waals surface area (Å²) in [5.41, 5.74) is 12.6. The van der Waals surface area contributed by atoms with E-state index in [1.807, 2.05) is 0 Å². The quantitative estimate of drug-likeness (QED) is 0.372. The van der Waals surface area contributed by atoms with Gasteiger partial charge in [0.2, 0.25) is 12.2 Å². The lowest BCUT2D eigenvalue weighted by Crippen LogP contribution is -2.21. The molecule has 0 aromatic heterocycles.